The second-order valence-electron chi connectivity index (χ2n) is 31.9. The smallest absolute Gasteiger partial charge is 0.328 e. The topological polar surface area (TPSA) is 301 Å². The Morgan fingerprint density at radius 2 is 1.50 bits per heavy atom. The summed E-state index contributed by atoms with van der Waals surface area (Å²) in [6.45, 7) is 33.1. The molecule has 3 fully saturated rings. The Kier molecular flexibility index (Phi) is 28.3. The molecule has 0 unspecified atom stereocenters. The minimum atomic E-state index is -2.14. The Hall–Kier alpha value is -8.36. The van der Waals surface area contributed by atoms with Crippen LogP contribution in [-0.2, 0) is 64.2 Å². The van der Waals surface area contributed by atoms with Gasteiger partial charge in [-0.2, -0.15) is 10.2 Å². The summed E-state index contributed by atoms with van der Waals surface area (Å²) in [5.74, 6) is 0.318. The van der Waals surface area contributed by atoms with Crippen LogP contribution in [0.3, 0.4) is 0 Å². The summed E-state index contributed by atoms with van der Waals surface area (Å²) in [5.41, 5.74) is 5.73. The van der Waals surface area contributed by atoms with Gasteiger partial charge in [0, 0.05) is 88.9 Å². The molecule has 6 aromatic rings. The maximum absolute atomic E-state index is 14.5. The lowest BCUT2D eigenvalue weighted by Gasteiger charge is -2.38. The average Bonchev–Trinajstić information content (AvgIpc) is 1.64. The predicted octanol–water partition coefficient (Wildman–Crippen LogP) is 11.1. The van der Waals surface area contributed by atoms with Gasteiger partial charge < -0.3 is 63.9 Å². The van der Waals surface area contributed by atoms with Crippen LogP contribution in [0.5, 0.6) is 17.4 Å². The van der Waals surface area contributed by atoms with Crippen molar-refractivity contribution in [2.45, 2.75) is 195 Å². The van der Waals surface area contributed by atoms with E-state index in [0.29, 0.717) is 145 Å². The fourth-order valence-electron chi connectivity index (χ4n) is 12.2. The summed E-state index contributed by atoms with van der Waals surface area (Å²) in [6.07, 6.45) is 10.8. The first-order valence-electron chi connectivity index (χ1n) is 37.0. The number of carbonyl (C=O) groups excluding carboxylic acids is 6. The highest BCUT2D eigenvalue weighted by Crippen LogP contribution is 2.51. The van der Waals surface area contributed by atoms with Gasteiger partial charge in [-0.25, -0.2) is 23.9 Å². The molecule has 4 aromatic heterocycles. The van der Waals surface area contributed by atoms with Gasteiger partial charge >= 0.3 is 12.0 Å². The standard InChI is InChI=1S/C76H112N14O13Si2/c1-52-67(53(2)90(84-52)51-100-42-43-104(10,11)12)54-24-27-58(28-25-54)80-72(94)69(68(55-20-21-55)56-22-23-56)82-71(93)64-31-34-79-89(64)36-17-35-86(37-39-101-105(13,14)76(6,7)8)66(91)49-88-46-59(83-85-88)50-99-41-40-98-38-16-33-77-74(96)87-47-62(48-87)102-60-18-15-19-61(44-60)103-65-29-26-57(45-78-65)70(92)81-63(73(95)97-9)30-32-75(3,4)5/h15,18-19,24-29,31,34,44-46,55-56,62-63,68-69H,16-17,20-23,30,32-33,35-43,47-51H2,1-14H3,(H,77,96)(H,80,94)(H,81,92)(H,82,93)/t63-,69-/m0/s1. The molecule has 3 aliphatic rings. The molecule has 1 saturated heterocycles. The highest BCUT2D eigenvalue weighted by molar-refractivity contribution is 6.76. The highest BCUT2D eigenvalue weighted by atomic mass is 28.4. The third kappa shape index (κ3) is 24.6. The van der Waals surface area contributed by atoms with Crippen molar-refractivity contribution in [3.8, 4) is 28.5 Å². The molecular formula is C76H112N14O13Si2. The third-order valence-electron chi connectivity index (χ3n) is 19.7. The number of urea groups is 1. The van der Waals surface area contributed by atoms with E-state index >= 15 is 0 Å². The van der Waals surface area contributed by atoms with Crippen LogP contribution in [0.1, 0.15) is 131 Å². The summed E-state index contributed by atoms with van der Waals surface area (Å²) in [5, 5.41) is 29.9. The van der Waals surface area contributed by atoms with Crippen molar-refractivity contribution in [1.82, 2.24) is 65.3 Å². The number of carbonyl (C=O) groups is 6. The first-order valence-corrected chi connectivity index (χ1v) is 43.7. The number of amides is 6. The Bertz CT molecular complexity index is 3840. The van der Waals surface area contributed by atoms with Crippen LogP contribution in [0.25, 0.3) is 11.1 Å². The first-order chi connectivity index (χ1) is 49.9. The van der Waals surface area contributed by atoms with Crippen LogP contribution in [0.4, 0.5) is 10.5 Å². The van der Waals surface area contributed by atoms with E-state index in [4.69, 9.17) is 37.9 Å². The largest absolute Gasteiger partial charge is 0.487 e. The number of aryl methyl sites for hydroxylation is 2. The number of nitrogens with one attached hydrogen (secondary N) is 4. The van der Waals surface area contributed by atoms with Gasteiger partial charge in [0.15, 0.2) is 8.32 Å². The minimum absolute atomic E-state index is 0.0177. The van der Waals surface area contributed by atoms with Gasteiger partial charge in [-0.1, -0.05) is 84.6 Å². The van der Waals surface area contributed by atoms with Gasteiger partial charge in [0.25, 0.3) is 11.8 Å². The fourth-order valence-corrected chi connectivity index (χ4v) is 14.0. The number of benzene rings is 2. The number of hydrogen-bond acceptors (Lipinski definition) is 18. The molecule has 29 heteroatoms. The average molecular weight is 1490 g/mol. The summed E-state index contributed by atoms with van der Waals surface area (Å²) >= 11 is 0. The normalized spacial score (nSPS) is 14.9. The quantitative estimate of drug-likeness (QED) is 0.0157. The second-order valence-corrected chi connectivity index (χ2v) is 42.3. The SMILES string of the molecule is COC(=O)[C@H](CCC(C)(C)C)NC(=O)c1ccc(Oc2cccc(OC3CN(C(=O)NCCCOCCOCc4cn(CC(=O)N(CCCn5nccc5C(=O)N[C@H](C(=O)Nc5ccc(-c6c(C)nn(COCC[Si](C)(C)C)c6C)cc5)C(C5CC5)C5CC5)CCO[Si](C)(C)C(C)(C)C)nn4)C3)c2)nc1. The van der Waals surface area contributed by atoms with Gasteiger partial charge in [0.1, 0.15) is 54.4 Å². The van der Waals surface area contributed by atoms with E-state index in [1.807, 2.05) is 35.9 Å². The number of aromatic nitrogens is 8. The first kappa shape index (κ1) is 80.7. The molecule has 0 spiro atoms. The number of hydrogen-bond donors (Lipinski definition) is 4. The van der Waals surface area contributed by atoms with Crippen molar-refractivity contribution in [2.24, 2.45) is 23.2 Å². The number of nitrogens with zero attached hydrogens (tertiary/aromatic N) is 10. The number of anilines is 1. The van der Waals surface area contributed by atoms with Crippen molar-refractivity contribution < 1.29 is 61.6 Å². The molecule has 2 aromatic carbocycles. The van der Waals surface area contributed by atoms with E-state index < -0.39 is 40.4 Å². The summed E-state index contributed by atoms with van der Waals surface area (Å²) in [6, 6.07) is 19.1. The molecule has 572 valence electrons. The lowest BCUT2D eigenvalue weighted by atomic mass is 9.88. The zero-order valence-corrected chi connectivity index (χ0v) is 66.1. The zero-order valence-electron chi connectivity index (χ0n) is 64.1. The number of methoxy groups -OCH3 is 1. The van der Waals surface area contributed by atoms with Crippen molar-refractivity contribution in [3.05, 3.63) is 114 Å². The van der Waals surface area contributed by atoms with Gasteiger partial charge in [-0.05, 0) is 155 Å². The lowest BCUT2D eigenvalue weighted by molar-refractivity contribution is -0.143. The van der Waals surface area contributed by atoms with Gasteiger partial charge in [-0.3, -0.25) is 23.9 Å². The summed E-state index contributed by atoms with van der Waals surface area (Å²) in [7, 11) is -2.06. The molecule has 0 bridgehead atoms. The molecule has 2 atom stereocenters. The minimum Gasteiger partial charge on any atom is -0.487 e. The van der Waals surface area contributed by atoms with E-state index in [1.165, 1.54) is 18.0 Å². The molecule has 6 amide bonds. The van der Waals surface area contributed by atoms with E-state index in [0.717, 1.165) is 54.2 Å². The van der Waals surface area contributed by atoms with E-state index in [9.17, 15) is 28.8 Å². The maximum Gasteiger partial charge on any atom is 0.328 e. The van der Waals surface area contributed by atoms with Crippen LogP contribution in [0.15, 0.2) is 85.3 Å². The molecule has 2 saturated carbocycles. The highest BCUT2D eigenvalue weighted by Gasteiger charge is 2.49. The second kappa shape index (κ2) is 36.8. The van der Waals surface area contributed by atoms with Crippen LogP contribution in [0.2, 0.25) is 43.8 Å². The number of ether oxygens (including phenoxy) is 6. The molecular weight excluding hydrogens is 1370 g/mol. The molecule has 0 radical (unpaired) electrons. The number of rotatable bonds is 41. The van der Waals surface area contributed by atoms with Crippen LogP contribution in [0, 0.1) is 37.0 Å². The number of pyridine rings is 1. The predicted molar refractivity (Wildman–Crippen MR) is 404 cm³/mol. The molecule has 5 heterocycles. The Labute approximate surface area is 620 Å². The third-order valence-corrected chi connectivity index (χ3v) is 26.0. The van der Waals surface area contributed by atoms with E-state index in [-0.39, 0.29) is 70.8 Å². The summed E-state index contributed by atoms with van der Waals surface area (Å²) in [4.78, 5) is 89.1. The van der Waals surface area contributed by atoms with Crippen LogP contribution in [-0.4, -0.2) is 192 Å². The van der Waals surface area contributed by atoms with Crippen molar-refractivity contribution >= 4 is 57.7 Å². The molecule has 105 heavy (non-hydrogen) atoms. The van der Waals surface area contributed by atoms with E-state index in [1.54, 1.807) is 69.3 Å². The number of esters is 1. The Morgan fingerprint density at radius 3 is 2.17 bits per heavy atom. The molecule has 1 aliphatic heterocycles. The molecule has 27 nitrogen and oxygen atoms in total. The number of likely N-dealkylation sites (tertiary alicyclic amines) is 1. The van der Waals surface area contributed by atoms with Crippen LogP contribution < -0.4 is 30.7 Å². The monoisotopic (exact) mass is 1480 g/mol. The van der Waals surface area contributed by atoms with Gasteiger partial charge in [0.05, 0.1) is 64.1 Å². The van der Waals surface area contributed by atoms with E-state index in [2.05, 4.69) is 123 Å². The zero-order chi connectivity index (χ0) is 75.6. The van der Waals surface area contributed by atoms with Gasteiger partial charge in [-0.15, -0.1) is 5.10 Å². The van der Waals surface area contributed by atoms with Crippen molar-refractivity contribution in [1.29, 1.82) is 0 Å². The van der Waals surface area contributed by atoms with Gasteiger partial charge in [0.2, 0.25) is 17.7 Å². The Balaban J connectivity index is 0.676. The lowest BCUT2D eigenvalue weighted by Crippen LogP contribution is -2.59. The molecule has 4 N–H and O–H groups in total. The molecule has 2 aliphatic carbocycles. The summed E-state index contributed by atoms with van der Waals surface area (Å²) < 4.78 is 46.3. The molecule has 9 rings (SSSR count). The maximum atomic E-state index is 14.5. The Morgan fingerprint density at radius 1 is 0.771 bits per heavy atom. The van der Waals surface area contributed by atoms with Crippen LogP contribution >= 0.6 is 0 Å². The van der Waals surface area contributed by atoms with Crippen molar-refractivity contribution in [3.63, 3.8) is 0 Å². The van der Waals surface area contributed by atoms with Crippen molar-refractivity contribution in [2.75, 3.05) is 78.2 Å². The fraction of sp³-hybridized carbons (Fsp3) is 0.592.